The van der Waals surface area contributed by atoms with Gasteiger partial charge >= 0.3 is 0 Å². The second-order valence-corrected chi connectivity index (χ2v) is 4.84. The maximum absolute atomic E-state index is 12.1. The van der Waals surface area contributed by atoms with E-state index in [1.54, 1.807) is 6.07 Å². The Balaban J connectivity index is 1.93. The number of nitrogens with one attached hydrogen (secondary N) is 1. The quantitative estimate of drug-likeness (QED) is 0.766. The van der Waals surface area contributed by atoms with Crippen molar-refractivity contribution in [1.29, 1.82) is 0 Å². The molecule has 3 N–H and O–H groups in total. The molecule has 1 amide bonds. The molecule has 2 rings (SSSR count). The largest absolute Gasteiger partial charge is 0.398 e. The zero-order valence-corrected chi connectivity index (χ0v) is 12.3. The number of carbonyl (C=O) groups excluding carboxylic acids is 1. The number of aromatic nitrogens is 1. The number of nitrogen functional groups attached to an aromatic ring is 1. The van der Waals surface area contributed by atoms with Crippen LogP contribution in [0.25, 0.3) is 10.9 Å². The van der Waals surface area contributed by atoms with Crippen LogP contribution < -0.4 is 11.1 Å². The number of amides is 1. The Morgan fingerprint density at radius 1 is 1.33 bits per heavy atom. The third-order valence-electron chi connectivity index (χ3n) is 3.08. The highest BCUT2D eigenvalue weighted by Crippen LogP contribution is 2.19. The highest BCUT2D eigenvalue weighted by atomic mass is 16.5. The minimum Gasteiger partial charge on any atom is -0.398 e. The molecule has 1 aromatic carbocycles. The second-order valence-electron chi connectivity index (χ2n) is 4.84. The molecular weight excluding hydrogens is 266 g/mol. The molecule has 0 aliphatic heterocycles. The molecule has 0 radical (unpaired) electrons. The van der Waals surface area contributed by atoms with Gasteiger partial charge in [0, 0.05) is 30.8 Å². The van der Waals surface area contributed by atoms with Crippen molar-refractivity contribution in [2.24, 2.45) is 0 Å². The van der Waals surface area contributed by atoms with Gasteiger partial charge in [0.1, 0.15) is 5.69 Å². The Hall–Kier alpha value is -2.14. The highest BCUT2D eigenvalue weighted by molar-refractivity contribution is 5.99. The maximum atomic E-state index is 12.1. The maximum Gasteiger partial charge on any atom is 0.269 e. The number of hydrogen-bond acceptors (Lipinski definition) is 4. The average Bonchev–Trinajstić information content (AvgIpc) is 2.50. The molecular formula is C16H21N3O2. The number of pyridine rings is 1. The van der Waals surface area contributed by atoms with Crippen molar-refractivity contribution in [1.82, 2.24) is 10.3 Å². The summed E-state index contributed by atoms with van der Waals surface area (Å²) < 4.78 is 5.36. The molecule has 1 aromatic heterocycles. The average molecular weight is 287 g/mol. The summed E-state index contributed by atoms with van der Waals surface area (Å²) in [7, 11) is 0. The van der Waals surface area contributed by atoms with Crippen molar-refractivity contribution in [3.8, 4) is 0 Å². The van der Waals surface area contributed by atoms with Crippen LogP contribution in [0.5, 0.6) is 0 Å². The number of hydrogen-bond donors (Lipinski definition) is 2. The van der Waals surface area contributed by atoms with Gasteiger partial charge in [-0.1, -0.05) is 25.1 Å². The van der Waals surface area contributed by atoms with E-state index in [2.05, 4.69) is 17.2 Å². The third kappa shape index (κ3) is 4.16. The van der Waals surface area contributed by atoms with Gasteiger partial charge in [-0.2, -0.15) is 0 Å². The number of anilines is 1. The monoisotopic (exact) mass is 287 g/mol. The highest BCUT2D eigenvalue weighted by Gasteiger charge is 2.09. The number of fused-ring (bicyclic) bond motifs is 1. The van der Waals surface area contributed by atoms with E-state index < -0.39 is 0 Å². The lowest BCUT2D eigenvalue weighted by Gasteiger charge is -2.08. The minimum atomic E-state index is -0.206. The van der Waals surface area contributed by atoms with E-state index in [0.29, 0.717) is 24.5 Å². The normalized spacial score (nSPS) is 10.7. The summed E-state index contributed by atoms with van der Waals surface area (Å²) in [5.41, 5.74) is 7.61. The number of nitrogens with two attached hydrogens (primary N) is 1. The lowest BCUT2D eigenvalue weighted by molar-refractivity contribution is 0.0937. The van der Waals surface area contributed by atoms with Crippen LogP contribution in [0.1, 0.15) is 30.3 Å². The molecule has 1 heterocycles. The van der Waals surface area contributed by atoms with Crippen molar-refractivity contribution >= 4 is 22.5 Å². The number of ether oxygens (including phenoxy) is 1. The van der Waals surface area contributed by atoms with E-state index >= 15 is 0 Å². The Kier molecular flexibility index (Phi) is 5.51. The fourth-order valence-corrected chi connectivity index (χ4v) is 2.03. The molecule has 0 aliphatic rings. The van der Waals surface area contributed by atoms with Crippen molar-refractivity contribution in [3.63, 3.8) is 0 Å². The van der Waals surface area contributed by atoms with Crippen LogP contribution in [-0.4, -0.2) is 30.6 Å². The Morgan fingerprint density at radius 2 is 2.14 bits per heavy atom. The third-order valence-corrected chi connectivity index (χ3v) is 3.08. The zero-order chi connectivity index (χ0) is 15.1. The van der Waals surface area contributed by atoms with Crippen molar-refractivity contribution in [2.75, 3.05) is 25.5 Å². The van der Waals surface area contributed by atoms with Crippen molar-refractivity contribution < 1.29 is 9.53 Å². The van der Waals surface area contributed by atoms with Gasteiger partial charge in [-0.25, -0.2) is 4.98 Å². The summed E-state index contributed by atoms with van der Waals surface area (Å²) in [5, 5.41) is 3.69. The van der Waals surface area contributed by atoms with Gasteiger partial charge in [-0.15, -0.1) is 0 Å². The second kappa shape index (κ2) is 7.59. The molecule has 5 nitrogen and oxygen atoms in total. The molecule has 0 spiro atoms. The molecule has 0 unspecified atom stereocenters. The molecule has 2 aromatic rings. The summed E-state index contributed by atoms with van der Waals surface area (Å²) in [6, 6.07) is 9.13. The van der Waals surface area contributed by atoms with Crippen LogP contribution in [-0.2, 0) is 4.74 Å². The zero-order valence-electron chi connectivity index (χ0n) is 12.3. The van der Waals surface area contributed by atoms with Crippen LogP contribution in [0, 0.1) is 0 Å². The number of benzene rings is 1. The van der Waals surface area contributed by atoms with E-state index in [4.69, 9.17) is 10.5 Å². The Labute approximate surface area is 124 Å². The van der Waals surface area contributed by atoms with Crippen LogP contribution in [0.2, 0.25) is 0 Å². The molecule has 0 saturated carbocycles. The molecule has 0 saturated heterocycles. The fourth-order valence-electron chi connectivity index (χ4n) is 2.03. The lowest BCUT2D eigenvalue weighted by atomic mass is 10.1. The van der Waals surface area contributed by atoms with E-state index in [-0.39, 0.29) is 5.91 Å². The summed E-state index contributed by atoms with van der Waals surface area (Å²) >= 11 is 0. The first-order valence-corrected chi connectivity index (χ1v) is 7.23. The topological polar surface area (TPSA) is 77.2 Å². The molecule has 0 atom stereocenters. The van der Waals surface area contributed by atoms with Crippen molar-refractivity contribution in [2.45, 2.75) is 19.8 Å². The number of nitrogens with zero attached hydrogens (tertiary/aromatic N) is 1. The van der Waals surface area contributed by atoms with Crippen LogP contribution >= 0.6 is 0 Å². The molecule has 5 heteroatoms. The summed E-state index contributed by atoms with van der Waals surface area (Å²) in [5.74, 6) is -0.206. The van der Waals surface area contributed by atoms with Gasteiger partial charge in [0.2, 0.25) is 0 Å². The van der Waals surface area contributed by atoms with Crippen molar-refractivity contribution in [3.05, 3.63) is 36.0 Å². The van der Waals surface area contributed by atoms with Gasteiger partial charge in [0.05, 0.1) is 5.52 Å². The van der Waals surface area contributed by atoms with Crippen LogP contribution in [0.3, 0.4) is 0 Å². The van der Waals surface area contributed by atoms with E-state index in [1.807, 2.05) is 24.3 Å². The molecule has 112 valence electrons. The standard InChI is InChI=1S/C16H21N3O2/c1-2-9-21-10-5-8-18-16(20)15-11-13(17)12-6-3-4-7-14(12)19-15/h3-4,6-7,11H,2,5,8-10H2,1H3,(H2,17,19)(H,18,20). The van der Waals surface area contributed by atoms with Gasteiger partial charge in [-0.3, -0.25) is 4.79 Å². The smallest absolute Gasteiger partial charge is 0.269 e. The first kappa shape index (κ1) is 15.3. The van der Waals surface area contributed by atoms with E-state index in [1.165, 1.54) is 0 Å². The molecule has 0 bridgehead atoms. The van der Waals surface area contributed by atoms with Gasteiger partial charge in [-0.05, 0) is 25.0 Å². The number of para-hydroxylation sites is 1. The number of carbonyl (C=O) groups is 1. The first-order valence-electron chi connectivity index (χ1n) is 7.23. The predicted octanol–water partition coefficient (Wildman–Crippen LogP) is 2.36. The molecule has 0 aliphatic carbocycles. The Bertz CT molecular complexity index is 613. The van der Waals surface area contributed by atoms with Gasteiger partial charge < -0.3 is 15.8 Å². The first-order chi connectivity index (χ1) is 10.2. The van der Waals surface area contributed by atoms with E-state index in [9.17, 15) is 4.79 Å². The summed E-state index contributed by atoms with van der Waals surface area (Å²) in [6.45, 7) is 4.05. The summed E-state index contributed by atoms with van der Waals surface area (Å²) in [6.07, 6.45) is 1.79. The fraction of sp³-hybridized carbons (Fsp3) is 0.375. The van der Waals surface area contributed by atoms with Gasteiger partial charge in [0.15, 0.2) is 0 Å². The summed E-state index contributed by atoms with van der Waals surface area (Å²) in [4.78, 5) is 16.4. The molecule has 21 heavy (non-hydrogen) atoms. The number of rotatable bonds is 7. The Morgan fingerprint density at radius 3 is 2.95 bits per heavy atom. The minimum absolute atomic E-state index is 0.206. The van der Waals surface area contributed by atoms with Crippen LogP contribution in [0.15, 0.2) is 30.3 Å². The SMILES string of the molecule is CCCOCCCNC(=O)c1cc(N)c2ccccc2n1. The van der Waals surface area contributed by atoms with E-state index in [0.717, 1.165) is 30.4 Å². The predicted molar refractivity (Wildman–Crippen MR) is 84.2 cm³/mol. The van der Waals surface area contributed by atoms with Crippen LogP contribution in [0.4, 0.5) is 5.69 Å². The van der Waals surface area contributed by atoms with Gasteiger partial charge in [0.25, 0.3) is 5.91 Å². The lowest BCUT2D eigenvalue weighted by Crippen LogP contribution is -2.26. The molecule has 0 fully saturated rings.